The maximum Gasteiger partial charge on any atom is 0.225 e. The Kier molecular flexibility index (Phi) is 6.99. The lowest BCUT2D eigenvalue weighted by molar-refractivity contribution is -0.116. The fourth-order valence-corrected chi connectivity index (χ4v) is 2.26. The first-order valence-corrected chi connectivity index (χ1v) is 7.99. The van der Waals surface area contributed by atoms with E-state index in [4.69, 9.17) is 10.8 Å². The molecule has 0 aliphatic heterocycles. The minimum absolute atomic E-state index is 0. The quantitative estimate of drug-likeness (QED) is 0.865. The molecule has 5 nitrogen and oxygen atoms in total. The molecule has 0 radical (unpaired) electrons. The molecule has 0 fully saturated rings. The summed E-state index contributed by atoms with van der Waals surface area (Å²) in [5.74, 6) is 0.659. The number of nitrogens with two attached hydrogens (primary N) is 1. The van der Waals surface area contributed by atoms with Crippen molar-refractivity contribution in [2.24, 2.45) is 5.73 Å². The van der Waals surface area contributed by atoms with E-state index in [-0.39, 0.29) is 23.7 Å². The number of nitrogens with zero attached hydrogens (tertiary/aromatic N) is 2. The third-order valence-electron chi connectivity index (χ3n) is 3.60. The summed E-state index contributed by atoms with van der Waals surface area (Å²) in [6, 6.07) is 10.0. The Morgan fingerprint density at radius 2 is 2.00 bits per heavy atom. The van der Waals surface area contributed by atoms with Gasteiger partial charge in [-0.3, -0.25) is 4.79 Å². The second-order valence-electron chi connectivity index (χ2n) is 6.86. The maximum absolute atomic E-state index is 12.1. The topological polar surface area (TPSA) is 72.9 Å². The van der Waals surface area contributed by atoms with Crippen molar-refractivity contribution in [2.75, 3.05) is 11.9 Å². The summed E-state index contributed by atoms with van der Waals surface area (Å²) < 4.78 is 1.80. The fourth-order valence-electron chi connectivity index (χ4n) is 2.26. The van der Waals surface area contributed by atoms with Gasteiger partial charge < -0.3 is 11.1 Å². The lowest BCUT2D eigenvalue weighted by atomic mass is 9.92. The molecule has 6 heteroatoms. The van der Waals surface area contributed by atoms with E-state index in [0.29, 0.717) is 25.2 Å². The molecule has 0 aliphatic rings. The van der Waals surface area contributed by atoms with Crippen LogP contribution in [0.15, 0.2) is 30.3 Å². The van der Waals surface area contributed by atoms with Gasteiger partial charge in [0.25, 0.3) is 0 Å². The van der Waals surface area contributed by atoms with Crippen LogP contribution in [0, 0.1) is 6.92 Å². The molecular weight excluding hydrogens is 324 g/mol. The smallest absolute Gasteiger partial charge is 0.225 e. The number of halogens is 1. The Labute approximate surface area is 150 Å². The first-order valence-electron chi connectivity index (χ1n) is 7.99. The number of benzene rings is 1. The molecule has 1 aromatic heterocycles. The summed E-state index contributed by atoms with van der Waals surface area (Å²) in [5, 5.41) is 7.67. The van der Waals surface area contributed by atoms with Crippen molar-refractivity contribution in [3.05, 3.63) is 41.6 Å². The number of carbonyl (C=O) groups is 1. The number of carbonyl (C=O) groups excluding carboxylic acids is 1. The van der Waals surface area contributed by atoms with Crippen molar-refractivity contribution < 1.29 is 4.79 Å². The summed E-state index contributed by atoms with van der Waals surface area (Å²) >= 11 is 0. The minimum atomic E-state index is -0.0915. The van der Waals surface area contributed by atoms with Crippen molar-refractivity contribution in [1.29, 1.82) is 0 Å². The third kappa shape index (κ3) is 5.08. The lowest BCUT2D eigenvalue weighted by Gasteiger charge is -2.14. The zero-order valence-corrected chi connectivity index (χ0v) is 15.6. The van der Waals surface area contributed by atoms with Crippen LogP contribution in [0.5, 0.6) is 0 Å². The standard InChI is InChI=1S/C18H26N4O.ClH/c1-13-7-5-8-14(11-13)22-16(20-17(23)9-6-10-19)12-15(21-22)18(2,3)4;/h5,7-8,11-12H,6,9-10,19H2,1-4H3,(H,20,23);1H. The van der Waals surface area contributed by atoms with Crippen LogP contribution in [0.2, 0.25) is 0 Å². The van der Waals surface area contributed by atoms with Crippen LogP contribution in [0.25, 0.3) is 5.69 Å². The predicted octanol–water partition coefficient (Wildman–Crippen LogP) is 3.58. The van der Waals surface area contributed by atoms with E-state index in [1.807, 2.05) is 31.2 Å². The van der Waals surface area contributed by atoms with E-state index in [1.54, 1.807) is 4.68 Å². The lowest BCUT2D eigenvalue weighted by Crippen LogP contribution is -2.16. The largest absolute Gasteiger partial charge is 0.330 e. The van der Waals surface area contributed by atoms with Gasteiger partial charge >= 0.3 is 0 Å². The van der Waals surface area contributed by atoms with Crippen LogP contribution in [-0.4, -0.2) is 22.2 Å². The number of aryl methyl sites for hydroxylation is 1. The minimum Gasteiger partial charge on any atom is -0.330 e. The highest BCUT2D eigenvalue weighted by atomic mass is 35.5. The van der Waals surface area contributed by atoms with E-state index >= 15 is 0 Å². The molecule has 0 saturated heterocycles. The van der Waals surface area contributed by atoms with Crippen LogP contribution in [0.3, 0.4) is 0 Å². The monoisotopic (exact) mass is 350 g/mol. The molecular formula is C18H27ClN4O. The number of aromatic nitrogens is 2. The van der Waals surface area contributed by atoms with Gasteiger partial charge in [-0.15, -0.1) is 12.4 Å². The van der Waals surface area contributed by atoms with Crippen molar-refractivity contribution in [2.45, 2.75) is 46.0 Å². The molecule has 0 spiro atoms. The van der Waals surface area contributed by atoms with Gasteiger partial charge in [-0.25, -0.2) is 4.68 Å². The number of hydrogen-bond donors (Lipinski definition) is 2. The van der Waals surface area contributed by atoms with E-state index in [2.05, 4.69) is 32.2 Å². The van der Waals surface area contributed by atoms with Crippen molar-refractivity contribution >= 4 is 24.1 Å². The highest BCUT2D eigenvalue weighted by molar-refractivity contribution is 5.90. The normalized spacial score (nSPS) is 11.0. The molecule has 132 valence electrons. The van der Waals surface area contributed by atoms with E-state index in [0.717, 1.165) is 16.9 Å². The van der Waals surface area contributed by atoms with Crippen molar-refractivity contribution in [3.8, 4) is 5.69 Å². The van der Waals surface area contributed by atoms with Gasteiger partial charge in [-0.2, -0.15) is 5.10 Å². The first kappa shape index (κ1) is 20.2. The second kappa shape index (κ2) is 8.31. The number of amides is 1. The highest BCUT2D eigenvalue weighted by Gasteiger charge is 2.21. The zero-order chi connectivity index (χ0) is 17.0. The van der Waals surface area contributed by atoms with E-state index in [9.17, 15) is 4.79 Å². The van der Waals surface area contributed by atoms with Crippen molar-refractivity contribution in [3.63, 3.8) is 0 Å². The Hall–Kier alpha value is -1.85. The van der Waals surface area contributed by atoms with Gasteiger partial charge in [-0.1, -0.05) is 32.9 Å². The third-order valence-corrected chi connectivity index (χ3v) is 3.60. The van der Waals surface area contributed by atoms with E-state index in [1.165, 1.54) is 0 Å². The summed E-state index contributed by atoms with van der Waals surface area (Å²) in [6.07, 6.45) is 1.09. The van der Waals surface area contributed by atoms with Crippen LogP contribution in [0.4, 0.5) is 5.82 Å². The van der Waals surface area contributed by atoms with Gasteiger partial charge in [0.05, 0.1) is 11.4 Å². The molecule has 0 unspecified atom stereocenters. The molecule has 2 rings (SSSR count). The average molecular weight is 351 g/mol. The molecule has 1 heterocycles. The Morgan fingerprint density at radius 3 is 2.58 bits per heavy atom. The molecule has 1 amide bonds. The molecule has 24 heavy (non-hydrogen) atoms. The Morgan fingerprint density at radius 1 is 1.29 bits per heavy atom. The number of rotatable bonds is 5. The maximum atomic E-state index is 12.1. The van der Waals surface area contributed by atoms with Crippen molar-refractivity contribution in [1.82, 2.24) is 9.78 Å². The summed E-state index contributed by atoms with van der Waals surface area (Å²) in [7, 11) is 0. The molecule has 1 aromatic carbocycles. The number of nitrogens with one attached hydrogen (secondary N) is 1. The number of hydrogen-bond acceptors (Lipinski definition) is 3. The van der Waals surface area contributed by atoms with Crippen LogP contribution >= 0.6 is 12.4 Å². The van der Waals surface area contributed by atoms with Crippen LogP contribution in [-0.2, 0) is 10.2 Å². The molecule has 0 saturated carbocycles. The summed E-state index contributed by atoms with van der Waals surface area (Å²) in [6.45, 7) is 8.87. The average Bonchev–Trinajstić information content (AvgIpc) is 2.89. The Balaban J connectivity index is 0.00000288. The summed E-state index contributed by atoms with van der Waals surface area (Å²) in [4.78, 5) is 12.1. The molecule has 0 atom stereocenters. The molecule has 2 aromatic rings. The van der Waals surface area contributed by atoms with Gasteiger partial charge in [-0.05, 0) is 37.6 Å². The molecule has 0 bridgehead atoms. The summed E-state index contributed by atoms with van der Waals surface area (Å²) in [5.41, 5.74) is 8.41. The fraction of sp³-hybridized carbons (Fsp3) is 0.444. The first-order chi connectivity index (χ1) is 10.8. The molecule has 0 aliphatic carbocycles. The van der Waals surface area contributed by atoms with E-state index < -0.39 is 0 Å². The predicted molar refractivity (Wildman–Crippen MR) is 101 cm³/mol. The number of anilines is 1. The van der Waals surface area contributed by atoms with Gasteiger partial charge in [0.1, 0.15) is 5.82 Å². The molecule has 3 N–H and O–H groups in total. The highest BCUT2D eigenvalue weighted by Crippen LogP contribution is 2.26. The Bertz CT molecular complexity index is 689. The second-order valence-corrected chi connectivity index (χ2v) is 6.86. The SMILES string of the molecule is Cc1cccc(-n2nc(C(C)(C)C)cc2NC(=O)CCCN)c1.Cl. The van der Waals surface area contributed by atoms with Gasteiger partial charge in [0, 0.05) is 17.9 Å². The van der Waals surface area contributed by atoms with Gasteiger partial charge in [0.2, 0.25) is 5.91 Å². The van der Waals surface area contributed by atoms with Crippen LogP contribution < -0.4 is 11.1 Å². The van der Waals surface area contributed by atoms with Crippen LogP contribution in [0.1, 0.15) is 44.9 Å². The van der Waals surface area contributed by atoms with Gasteiger partial charge in [0.15, 0.2) is 0 Å². The zero-order valence-electron chi connectivity index (χ0n) is 14.8.